The van der Waals surface area contributed by atoms with Crippen LogP contribution in [0.2, 0.25) is 0 Å². The maximum Gasteiger partial charge on any atom is 0.326 e. The first-order valence-electron chi connectivity index (χ1n) is 10.2. The summed E-state index contributed by atoms with van der Waals surface area (Å²) in [5.74, 6) is -2.25. The summed E-state index contributed by atoms with van der Waals surface area (Å²) in [6.45, 7) is -0.170. The number of ketones is 1. The summed E-state index contributed by atoms with van der Waals surface area (Å²) in [6, 6.07) is 14.7. The molecule has 2 aromatic rings. The number of hydroxylamine groups is 1. The van der Waals surface area contributed by atoms with Crippen molar-refractivity contribution in [3.05, 3.63) is 60.2 Å². The molecule has 0 bridgehead atoms. The number of ether oxygens (including phenoxy) is 2. The number of methoxy groups -OCH3 is 1. The van der Waals surface area contributed by atoms with E-state index < -0.39 is 36.2 Å². The minimum absolute atomic E-state index is 0.0850. The molecule has 0 heterocycles. The number of Topliss-reactive ketones (excluding diaryl/α,β-unsaturated/α-hetero) is 1. The number of aliphatic carboxylic acids is 1. The summed E-state index contributed by atoms with van der Waals surface area (Å²) in [5.41, 5.74) is 2.50. The lowest BCUT2D eigenvalue weighted by Crippen LogP contribution is -2.47. The van der Waals surface area contributed by atoms with E-state index in [4.69, 9.17) is 14.7 Å². The number of carbonyl (C=O) groups is 3. The van der Waals surface area contributed by atoms with Gasteiger partial charge in [-0.1, -0.05) is 30.3 Å². The van der Waals surface area contributed by atoms with Gasteiger partial charge in [-0.2, -0.15) is 5.48 Å². The molecule has 0 saturated carbocycles. The second-order valence-corrected chi connectivity index (χ2v) is 7.11. The van der Waals surface area contributed by atoms with Crippen LogP contribution in [0.1, 0.15) is 18.4 Å². The molecular formula is C23H28N2O7. The molecule has 0 fully saturated rings. The van der Waals surface area contributed by atoms with Gasteiger partial charge in [-0.3, -0.25) is 9.59 Å². The third-order valence-corrected chi connectivity index (χ3v) is 4.82. The number of rotatable bonds is 14. The molecule has 0 aromatic heterocycles. The lowest BCUT2D eigenvalue weighted by molar-refractivity contribution is -0.144. The average Bonchev–Trinajstić information content (AvgIpc) is 2.79. The average molecular weight is 444 g/mol. The highest BCUT2D eigenvalue weighted by atomic mass is 16.5. The van der Waals surface area contributed by atoms with E-state index in [-0.39, 0.29) is 19.4 Å². The van der Waals surface area contributed by atoms with Crippen LogP contribution in [-0.4, -0.2) is 54.3 Å². The number of amides is 1. The second-order valence-electron chi connectivity index (χ2n) is 7.11. The van der Waals surface area contributed by atoms with Crippen molar-refractivity contribution in [1.82, 2.24) is 10.8 Å². The van der Waals surface area contributed by atoms with Gasteiger partial charge in [-0.25, -0.2) is 4.79 Å². The maximum absolute atomic E-state index is 12.7. The monoisotopic (exact) mass is 444 g/mol. The number of carboxylic acids is 1. The molecule has 0 saturated heterocycles. The van der Waals surface area contributed by atoms with Crippen LogP contribution >= 0.6 is 0 Å². The van der Waals surface area contributed by atoms with Crippen molar-refractivity contribution in [3.63, 3.8) is 0 Å². The Morgan fingerprint density at radius 1 is 1.00 bits per heavy atom. The first kappa shape index (κ1) is 24.8. The smallest absolute Gasteiger partial charge is 0.326 e. The number of carbonyl (C=O) groups excluding carboxylic acids is 2. The number of hydrogen-bond acceptors (Lipinski definition) is 7. The van der Waals surface area contributed by atoms with Crippen LogP contribution in [-0.2, 0) is 20.8 Å². The van der Waals surface area contributed by atoms with Gasteiger partial charge in [0, 0.05) is 6.42 Å². The molecular weight excluding hydrogens is 416 g/mol. The van der Waals surface area contributed by atoms with E-state index in [1.165, 1.54) is 0 Å². The molecule has 2 aromatic carbocycles. The van der Waals surface area contributed by atoms with Crippen molar-refractivity contribution in [2.45, 2.75) is 25.3 Å². The fourth-order valence-corrected chi connectivity index (χ4v) is 3.11. The van der Waals surface area contributed by atoms with Gasteiger partial charge in [0.25, 0.3) is 0 Å². The fraction of sp³-hybridized carbons (Fsp3) is 0.348. The van der Waals surface area contributed by atoms with Gasteiger partial charge in [-0.15, -0.1) is 0 Å². The predicted molar refractivity (Wildman–Crippen MR) is 116 cm³/mol. The van der Waals surface area contributed by atoms with Crippen LogP contribution in [0.3, 0.4) is 0 Å². The zero-order valence-corrected chi connectivity index (χ0v) is 17.8. The predicted octanol–water partition coefficient (Wildman–Crippen LogP) is 1.83. The molecule has 0 spiro atoms. The van der Waals surface area contributed by atoms with Crippen LogP contribution in [0.25, 0.3) is 0 Å². The van der Waals surface area contributed by atoms with Gasteiger partial charge in [-0.05, 0) is 42.7 Å². The van der Waals surface area contributed by atoms with Crippen LogP contribution in [0.5, 0.6) is 11.5 Å². The summed E-state index contributed by atoms with van der Waals surface area (Å²) in [4.78, 5) is 36.7. The topological polar surface area (TPSA) is 134 Å². The van der Waals surface area contributed by atoms with Crippen molar-refractivity contribution in [1.29, 1.82) is 0 Å². The Kier molecular flexibility index (Phi) is 10.2. The van der Waals surface area contributed by atoms with Crippen molar-refractivity contribution in [3.8, 4) is 11.5 Å². The molecule has 1 amide bonds. The molecule has 0 aliphatic heterocycles. The molecule has 32 heavy (non-hydrogen) atoms. The molecule has 0 radical (unpaired) electrons. The molecule has 172 valence electrons. The maximum atomic E-state index is 12.7. The molecule has 4 N–H and O–H groups in total. The van der Waals surface area contributed by atoms with Crippen LogP contribution in [0.4, 0.5) is 0 Å². The van der Waals surface area contributed by atoms with Gasteiger partial charge < -0.3 is 25.1 Å². The van der Waals surface area contributed by atoms with Crippen LogP contribution in [0.15, 0.2) is 54.6 Å². The van der Waals surface area contributed by atoms with E-state index in [9.17, 15) is 19.5 Å². The Bertz CT molecular complexity index is 872. The minimum atomic E-state index is -1.20. The summed E-state index contributed by atoms with van der Waals surface area (Å²) in [5, 5.41) is 20.8. The Hall–Kier alpha value is -3.43. The molecule has 9 nitrogen and oxygen atoms in total. The summed E-state index contributed by atoms with van der Waals surface area (Å²) < 4.78 is 10.7. The van der Waals surface area contributed by atoms with Gasteiger partial charge in [0.15, 0.2) is 5.78 Å². The highest BCUT2D eigenvalue weighted by Gasteiger charge is 2.29. The van der Waals surface area contributed by atoms with E-state index in [1.54, 1.807) is 61.1 Å². The van der Waals surface area contributed by atoms with Crippen molar-refractivity contribution >= 4 is 17.7 Å². The Labute approximate surface area is 186 Å². The Balaban J connectivity index is 1.95. The van der Waals surface area contributed by atoms with Crippen molar-refractivity contribution < 1.29 is 34.2 Å². The van der Waals surface area contributed by atoms with Crippen molar-refractivity contribution in [2.75, 3.05) is 20.3 Å². The van der Waals surface area contributed by atoms with E-state index >= 15 is 0 Å². The first-order chi connectivity index (χ1) is 15.4. The van der Waals surface area contributed by atoms with Crippen LogP contribution < -0.4 is 20.3 Å². The van der Waals surface area contributed by atoms with E-state index in [1.807, 2.05) is 6.07 Å². The van der Waals surface area contributed by atoms with Gasteiger partial charge in [0.1, 0.15) is 17.5 Å². The zero-order valence-electron chi connectivity index (χ0n) is 17.8. The van der Waals surface area contributed by atoms with E-state index in [2.05, 4.69) is 5.32 Å². The van der Waals surface area contributed by atoms with Crippen LogP contribution in [0, 0.1) is 5.92 Å². The normalized spacial score (nSPS) is 12.4. The highest BCUT2D eigenvalue weighted by molar-refractivity contribution is 6.03. The standard InChI is InChI=1S/C23H28N2O7/c1-31-17-9-11-18(12-10-17)32-13-5-8-19(21(26)15-24-30)22(27)25-20(23(28)29)14-16-6-3-2-4-7-16/h2-4,6-7,9-12,19-20,24,30H,5,8,13-15H2,1H3,(H,25,27)(H,28,29)/t19-,20?/m1/s1. The van der Waals surface area contributed by atoms with Gasteiger partial charge in [0.05, 0.1) is 26.2 Å². The summed E-state index contributed by atoms with van der Waals surface area (Å²) in [7, 11) is 1.56. The largest absolute Gasteiger partial charge is 0.497 e. The molecule has 9 heteroatoms. The molecule has 2 atom stereocenters. The Morgan fingerprint density at radius 2 is 1.66 bits per heavy atom. The van der Waals surface area contributed by atoms with E-state index in [0.29, 0.717) is 17.9 Å². The lowest BCUT2D eigenvalue weighted by atomic mass is 9.96. The summed E-state index contributed by atoms with van der Waals surface area (Å²) in [6.07, 6.45) is 0.597. The van der Waals surface area contributed by atoms with Gasteiger partial charge >= 0.3 is 5.97 Å². The highest BCUT2D eigenvalue weighted by Crippen LogP contribution is 2.18. The third kappa shape index (κ3) is 8.01. The fourth-order valence-electron chi connectivity index (χ4n) is 3.11. The quantitative estimate of drug-likeness (QED) is 0.197. The minimum Gasteiger partial charge on any atom is -0.497 e. The molecule has 0 aliphatic carbocycles. The molecule has 1 unspecified atom stereocenters. The summed E-state index contributed by atoms with van der Waals surface area (Å²) >= 11 is 0. The third-order valence-electron chi connectivity index (χ3n) is 4.82. The lowest BCUT2D eigenvalue weighted by Gasteiger charge is -2.20. The zero-order chi connectivity index (χ0) is 23.3. The molecule has 0 aliphatic rings. The van der Waals surface area contributed by atoms with E-state index in [0.717, 1.165) is 5.56 Å². The number of benzene rings is 2. The second kappa shape index (κ2) is 13.1. The SMILES string of the molecule is COc1ccc(OCCC[C@H](C(=O)CNO)C(=O)NC(Cc2ccccc2)C(=O)O)cc1. The number of hydrogen-bond donors (Lipinski definition) is 4. The number of carboxylic acid groups (broad SMARTS) is 1. The van der Waals surface area contributed by atoms with Gasteiger partial charge in [0.2, 0.25) is 5.91 Å². The molecule has 2 rings (SSSR count). The van der Waals surface area contributed by atoms with Crippen molar-refractivity contribution in [2.24, 2.45) is 5.92 Å². The first-order valence-corrected chi connectivity index (χ1v) is 10.2. The Morgan fingerprint density at radius 3 is 2.25 bits per heavy atom. The number of nitrogens with one attached hydrogen (secondary N) is 2.